The predicted molar refractivity (Wildman–Crippen MR) is 157 cm³/mol. The minimum Gasteiger partial charge on any atom is -1.00 e. The third-order valence-electron chi connectivity index (χ3n) is 6.93. The van der Waals surface area contributed by atoms with Crippen LogP contribution in [-0.4, -0.2) is 45.0 Å². The Labute approximate surface area is 250 Å². The number of carbonyl (C=O) groups excluding carboxylic acids is 2. The number of ether oxygens (including phenoxy) is 3. The lowest BCUT2D eigenvalue weighted by Gasteiger charge is -2.18. The molecule has 1 aromatic heterocycles. The van der Waals surface area contributed by atoms with Crippen molar-refractivity contribution in [3.8, 4) is 0 Å². The first-order valence-electron chi connectivity index (χ1n) is 15.7. The standard InChI is InChI=1S/C32H56N2O5.ClH/c1-3-4-5-6-7-8-9-10-11-12-13-14-15-16-17-21-27-37-28-30(39-32(36)33-2)29-38-31(35)23-22-26-34-24-19-18-20-25-34;/h18-20,24-25,30H,3-17,21-23,26-29H2,1-2H3;1H/t30-;/m1./s1. The number of hydrogen-bond donors (Lipinski definition) is 1. The summed E-state index contributed by atoms with van der Waals surface area (Å²) in [5.41, 5.74) is 0. The first-order valence-corrected chi connectivity index (χ1v) is 15.7. The van der Waals surface area contributed by atoms with E-state index in [0.29, 0.717) is 19.4 Å². The van der Waals surface area contributed by atoms with Crippen molar-refractivity contribution >= 4 is 12.1 Å². The van der Waals surface area contributed by atoms with Crippen LogP contribution < -0.4 is 22.3 Å². The zero-order valence-electron chi connectivity index (χ0n) is 25.4. The highest BCUT2D eigenvalue weighted by atomic mass is 35.5. The summed E-state index contributed by atoms with van der Waals surface area (Å²) in [6.45, 7) is 3.87. The summed E-state index contributed by atoms with van der Waals surface area (Å²) in [5.74, 6) is -0.296. The van der Waals surface area contributed by atoms with E-state index >= 15 is 0 Å². The van der Waals surface area contributed by atoms with Gasteiger partial charge in [-0.15, -0.1) is 0 Å². The number of aryl methyl sites for hydroxylation is 1. The molecular formula is C32H57ClN2O5. The highest BCUT2D eigenvalue weighted by Gasteiger charge is 2.17. The maximum Gasteiger partial charge on any atom is 0.407 e. The highest BCUT2D eigenvalue weighted by Crippen LogP contribution is 2.13. The number of pyridine rings is 1. The van der Waals surface area contributed by atoms with E-state index in [4.69, 9.17) is 14.2 Å². The normalized spacial score (nSPS) is 11.4. The molecule has 1 N–H and O–H groups in total. The lowest BCUT2D eigenvalue weighted by Crippen LogP contribution is -3.00. The van der Waals surface area contributed by atoms with Crippen molar-refractivity contribution in [2.24, 2.45) is 0 Å². The minimum atomic E-state index is -0.613. The van der Waals surface area contributed by atoms with E-state index in [1.165, 1.54) is 96.9 Å². The van der Waals surface area contributed by atoms with E-state index < -0.39 is 12.2 Å². The largest absolute Gasteiger partial charge is 1.00 e. The second-order valence-corrected chi connectivity index (χ2v) is 10.6. The number of nitrogens with zero attached hydrogens (tertiary/aromatic N) is 1. The van der Waals surface area contributed by atoms with Crippen molar-refractivity contribution in [1.82, 2.24) is 5.32 Å². The Hall–Kier alpha value is -1.86. The average Bonchev–Trinajstić information content (AvgIpc) is 2.95. The minimum absolute atomic E-state index is 0. The smallest absolute Gasteiger partial charge is 0.407 e. The fourth-order valence-corrected chi connectivity index (χ4v) is 4.54. The van der Waals surface area contributed by atoms with Gasteiger partial charge < -0.3 is 31.9 Å². The number of unbranched alkanes of at least 4 members (excludes halogenated alkanes) is 15. The van der Waals surface area contributed by atoms with Gasteiger partial charge in [-0.2, -0.15) is 0 Å². The number of rotatable bonds is 26. The summed E-state index contributed by atoms with van der Waals surface area (Å²) < 4.78 is 18.4. The SMILES string of the molecule is CCCCCCCCCCCCCCCCCCOC[C@H](COC(=O)CCC[n+]1ccccc1)OC(=O)NC.[Cl-]. The molecule has 0 radical (unpaired) electrons. The third kappa shape index (κ3) is 24.0. The second kappa shape index (κ2) is 28.7. The van der Waals surface area contributed by atoms with Crippen LogP contribution in [0.3, 0.4) is 0 Å². The maximum absolute atomic E-state index is 12.1. The Morgan fingerprint density at radius 2 is 1.25 bits per heavy atom. The van der Waals surface area contributed by atoms with Gasteiger partial charge in [0.2, 0.25) is 0 Å². The maximum atomic E-state index is 12.1. The van der Waals surface area contributed by atoms with Crippen LogP contribution in [0.4, 0.5) is 4.79 Å². The van der Waals surface area contributed by atoms with Gasteiger partial charge >= 0.3 is 12.1 Å². The number of aromatic nitrogens is 1. The molecule has 0 fully saturated rings. The van der Waals surface area contributed by atoms with E-state index in [2.05, 4.69) is 12.2 Å². The lowest BCUT2D eigenvalue weighted by molar-refractivity contribution is -0.697. The van der Waals surface area contributed by atoms with Crippen LogP contribution in [0.1, 0.15) is 122 Å². The van der Waals surface area contributed by atoms with E-state index in [0.717, 1.165) is 19.4 Å². The summed E-state index contributed by atoms with van der Waals surface area (Å²) in [7, 11) is 1.50. The van der Waals surface area contributed by atoms with Gasteiger partial charge in [0, 0.05) is 32.2 Å². The van der Waals surface area contributed by atoms with E-state index in [9.17, 15) is 9.59 Å². The van der Waals surface area contributed by atoms with Gasteiger partial charge in [-0.3, -0.25) is 4.79 Å². The monoisotopic (exact) mass is 584 g/mol. The number of alkyl carbamates (subject to hydrolysis) is 1. The predicted octanol–water partition coefficient (Wildman–Crippen LogP) is 4.30. The number of hydrogen-bond acceptors (Lipinski definition) is 5. The van der Waals surface area contributed by atoms with Gasteiger partial charge in [0.25, 0.3) is 0 Å². The summed E-state index contributed by atoms with van der Waals surface area (Å²) in [6, 6.07) is 5.87. The molecule has 7 nitrogen and oxygen atoms in total. The van der Waals surface area contributed by atoms with Crippen LogP contribution in [0.15, 0.2) is 30.6 Å². The molecule has 0 saturated heterocycles. The Balaban J connectivity index is 0.0000152. The molecule has 0 aliphatic carbocycles. The molecule has 1 heterocycles. The Bertz CT molecular complexity index is 708. The van der Waals surface area contributed by atoms with Crippen LogP contribution >= 0.6 is 0 Å². The quantitative estimate of drug-likeness (QED) is 0.0998. The molecule has 0 aliphatic heterocycles. The summed E-state index contributed by atoms with van der Waals surface area (Å²) in [4.78, 5) is 23.8. The lowest BCUT2D eigenvalue weighted by atomic mass is 10.0. The highest BCUT2D eigenvalue weighted by molar-refractivity contribution is 5.69. The molecule has 40 heavy (non-hydrogen) atoms. The number of carbonyl (C=O) groups is 2. The summed E-state index contributed by atoms with van der Waals surface area (Å²) in [5, 5.41) is 2.44. The van der Waals surface area contributed by atoms with Crippen molar-refractivity contribution in [3.05, 3.63) is 30.6 Å². The number of amides is 1. The number of esters is 1. The molecule has 1 aromatic rings. The molecule has 0 aromatic carbocycles. The van der Waals surface area contributed by atoms with E-state index in [-0.39, 0.29) is 31.6 Å². The van der Waals surface area contributed by atoms with Crippen molar-refractivity contribution in [2.45, 2.75) is 135 Å². The first-order chi connectivity index (χ1) is 19.2. The molecule has 1 rings (SSSR count). The van der Waals surface area contributed by atoms with Crippen LogP contribution in [0, 0.1) is 0 Å². The van der Waals surface area contributed by atoms with Gasteiger partial charge in [0.15, 0.2) is 18.5 Å². The van der Waals surface area contributed by atoms with Gasteiger partial charge in [0.1, 0.15) is 13.2 Å². The fraction of sp³-hybridized carbons (Fsp3) is 0.781. The van der Waals surface area contributed by atoms with Crippen LogP contribution in [0.25, 0.3) is 0 Å². The first kappa shape index (κ1) is 38.1. The van der Waals surface area contributed by atoms with Gasteiger partial charge in [-0.25, -0.2) is 9.36 Å². The fourth-order valence-electron chi connectivity index (χ4n) is 4.54. The van der Waals surface area contributed by atoms with Crippen molar-refractivity contribution < 1.29 is 40.8 Å². The van der Waals surface area contributed by atoms with Gasteiger partial charge in [-0.05, 0) is 6.42 Å². The van der Waals surface area contributed by atoms with E-state index in [1.54, 1.807) is 0 Å². The molecule has 232 valence electrons. The third-order valence-corrected chi connectivity index (χ3v) is 6.93. The number of halogens is 1. The summed E-state index contributed by atoms with van der Waals surface area (Å²) >= 11 is 0. The molecular weight excluding hydrogens is 528 g/mol. The molecule has 0 bridgehead atoms. The van der Waals surface area contributed by atoms with Crippen molar-refractivity contribution in [1.29, 1.82) is 0 Å². The Kier molecular flexibility index (Phi) is 27.3. The molecule has 8 heteroatoms. The molecule has 1 amide bonds. The zero-order chi connectivity index (χ0) is 28.2. The average molecular weight is 585 g/mol. The Morgan fingerprint density at radius 3 is 1.77 bits per heavy atom. The van der Waals surface area contributed by atoms with Crippen LogP contribution in [0.2, 0.25) is 0 Å². The number of nitrogens with one attached hydrogen (secondary N) is 1. The molecule has 0 saturated carbocycles. The molecule has 0 unspecified atom stereocenters. The van der Waals surface area contributed by atoms with Gasteiger partial charge in [-0.1, -0.05) is 109 Å². The second-order valence-electron chi connectivity index (χ2n) is 10.6. The van der Waals surface area contributed by atoms with E-state index in [1.807, 2.05) is 35.2 Å². The van der Waals surface area contributed by atoms with Crippen molar-refractivity contribution in [3.63, 3.8) is 0 Å². The van der Waals surface area contributed by atoms with Gasteiger partial charge in [0.05, 0.1) is 13.0 Å². The summed E-state index contributed by atoms with van der Waals surface area (Å²) in [6.07, 6.45) is 25.1. The molecule has 0 spiro atoms. The topological polar surface area (TPSA) is 77.7 Å². The molecule has 1 atom stereocenters. The zero-order valence-corrected chi connectivity index (χ0v) is 26.1. The van der Waals surface area contributed by atoms with Crippen LogP contribution in [-0.2, 0) is 25.5 Å². The van der Waals surface area contributed by atoms with Crippen LogP contribution in [0.5, 0.6) is 0 Å². The Morgan fingerprint density at radius 1 is 0.725 bits per heavy atom. The molecule has 0 aliphatic rings. The van der Waals surface area contributed by atoms with Crippen molar-refractivity contribution in [2.75, 3.05) is 26.9 Å².